The van der Waals surface area contributed by atoms with Gasteiger partial charge in [-0.3, -0.25) is 15.0 Å². The molecule has 8 heteroatoms. The number of hydrogen-bond donors (Lipinski definition) is 1. The summed E-state index contributed by atoms with van der Waals surface area (Å²) in [6.45, 7) is 7.68. The van der Waals surface area contributed by atoms with Crippen LogP contribution in [0.4, 0.5) is 17.3 Å². The number of likely N-dealkylation sites (N-methyl/N-ethyl adjacent to an activating group) is 1. The third-order valence-corrected chi connectivity index (χ3v) is 3.81. The molecule has 1 aromatic rings. The number of rotatable bonds is 5. The molecule has 0 aliphatic carbocycles. The van der Waals surface area contributed by atoms with Gasteiger partial charge in [-0.1, -0.05) is 13.8 Å². The van der Waals surface area contributed by atoms with Crippen molar-refractivity contribution in [3.63, 3.8) is 0 Å². The van der Waals surface area contributed by atoms with Crippen molar-refractivity contribution in [3.05, 3.63) is 16.4 Å². The maximum absolute atomic E-state index is 11.1. The fourth-order valence-electron chi connectivity index (χ4n) is 2.76. The number of hydrogen-bond acceptors (Lipinski definition) is 7. The molecular weight excluding hydrogens is 260 g/mol. The smallest absolute Gasteiger partial charge is 0.353 e. The van der Waals surface area contributed by atoms with E-state index in [9.17, 15) is 10.1 Å². The Bertz CT molecular complexity index is 491. The maximum Gasteiger partial charge on any atom is 0.353 e. The number of nitrogen functional groups attached to an aromatic ring is 1. The lowest BCUT2D eigenvalue weighted by atomic mass is 10.2. The molecule has 0 amide bonds. The molecule has 2 N–H and O–H groups in total. The maximum atomic E-state index is 11.1. The van der Waals surface area contributed by atoms with Gasteiger partial charge in [-0.05, 0) is 19.5 Å². The van der Waals surface area contributed by atoms with Crippen LogP contribution in [0.3, 0.4) is 0 Å². The highest BCUT2D eigenvalue weighted by Gasteiger charge is 2.32. The molecule has 110 valence electrons. The Labute approximate surface area is 117 Å². The van der Waals surface area contributed by atoms with Gasteiger partial charge < -0.3 is 10.6 Å². The SMILES string of the molecule is CCN(CC)C1CCN(c2ncnc(N)c2[N+](=O)[O-])C1. The van der Waals surface area contributed by atoms with Gasteiger partial charge in [-0.2, -0.15) is 0 Å². The van der Waals surface area contributed by atoms with Crippen LogP contribution in [-0.2, 0) is 0 Å². The zero-order valence-electron chi connectivity index (χ0n) is 11.8. The highest BCUT2D eigenvalue weighted by molar-refractivity contribution is 5.68. The molecule has 1 aliphatic rings. The lowest BCUT2D eigenvalue weighted by Crippen LogP contribution is -2.37. The van der Waals surface area contributed by atoms with E-state index in [0.29, 0.717) is 11.9 Å². The number of nitrogens with zero attached hydrogens (tertiary/aromatic N) is 5. The molecule has 0 aromatic carbocycles. The van der Waals surface area contributed by atoms with Crippen molar-refractivity contribution < 1.29 is 4.92 Å². The molecule has 1 aliphatic heterocycles. The molecule has 0 saturated carbocycles. The first kappa shape index (κ1) is 14.4. The molecule has 0 bridgehead atoms. The summed E-state index contributed by atoms with van der Waals surface area (Å²) in [5.74, 6) is 0.253. The Morgan fingerprint density at radius 2 is 2.20 bits per heavy atom. The van der Waals surface area contributed by atoms with Crippen LogP contribution in [0.2, 0.25) is 0 Å². The molecular formula is C12H20N6O2. The summed E-state index contributed by atoms with van der Waals surface area (Å²) in [5, 5.41) is 11.1. The summed E-state index contributed by atoms with van der Waals surface area (Å²) < 4.78 is 0. The molecule has 0 radical (unpaired) electrons. The average Bonchev–Trinajstić information content (AvgIpc) is 2.89. The first-order valence-corrected chi connectivity index (χ1v) is 6.82. The van der Waals surface area contributed by atoms with Crippen molar-refractivity contribution in [1.82, 2.24) is 14.9 Å². The second kappa shape index (κ2) is 6.00. The predicted molar refractivity (Wildman–Crippen MR) is 76.6 cm³/mol. The molecule has 1 atom stereocenters. The molecule has 20 heavy (non-hydrogen) atoms. The van der Waals surface area contributed by atoms with E-state index in [1.807, 2.05) is 4.90 Å². The van der Waals surface area contributed by atoms with Crippen molar-refractivity contribution >= 4 is 17.3 Å². The van der Waals surface area contributed by atoms with Crippen LogP contribution in [0.25, 0.3) is 0 Å². The van der Waals surface area contributed by atoms with Crippen LogP contribution in [0, 0.1) is 10.1 Å². The Hall–Kier alpha value is -1.96. The van der Waals surface area contributed by atoms with Crippen molar-refractivity contribution in [2.75, 3.05) is 36.8 Å². The molecule has 1 aromatic heterocycles. The van der Waals surface area contributed by atoms with Gasteiger partial charge in [0.05, 0.1) is 4.92 Å². The molecule has 2 rings (SSSR count). The van der Waals surface area contributed by atoms with E-state index in [4.69, 9.17) is 5.73 Å². The fraction of sp³-hybridized carbons (Fsp3) is 0.667. The van der Waals surface area contributed by atoms with Crippen molar-refractivity contribution in [1.29, 1.82) is 0 Å². The van der Waals surface area contributed by atoms with E-state index in [-0.39, 0.29) is 11.5 Å². The summed E-state index contributed by atoms with van der Waals surface area (Å²) in [6, 6.07) is 0.404. The number of aromatic nitrogens is 2. The highest BCUT2D eigenvalue weighted by atomic mass is 16.6. The van der Waals surface area contributed by atoms with Crippen LogP contribution in [-0.4, -0.2) is 52.0 Å². The van der Waals surface area contributed by atoms with Crippen molar-refractivity contribution in [3.8, 4) is 0 Å². The summed E-state index contributed by atoms with van der Waals surface area (Å²) in [5.41, 5.74) is 5.42. The molecule has 2 heterocycles. The Kier molecular flexibility index (Phi) is 4.33. The summed E-state index contributed by atoms with van der Waals surface area (Å²) in [4.78, 5) is 22.7. The van der Waals surface area contributed by atoms with Crippen LogP contribution in [0.1, 0.15) is 20.3 Å². The molecule has 1 unspecified atom stereocenters. The van der Waals surface area contributed by atoms with E-state index in [2.05, 4.69) is 28.7 Å². The van der Waals surface area contributed by atoms with Crippen LogP contribution < -0.4 is 10.6 Å². The first-order valence-electron chi connectivity index (χ1n) is 6.82. The van der Waals surface area contributed by atoms with E-state index >= 15 is 0 Å². The first-order chi connectivity index (χ1) is 9.58. The quantitative estimate of drug-likeness (QED) is 0.631. The van der Waals surface area contributed by atoms with Gasteiger partial charge in [0.25, 0.3) is 0 Å². The van der Waals surface area contributed by atoms with Crippen molar-refractivity contribution in [2.45, 2.75) is 26.3 Å². The Morgan fingerprint density at radius 1 is 1.50 bits per heavy atom. The normalized spacial score (nSPS) is 18.8. The van der Waals surface area contributed by atoms with Gasteiger partial charge in [0.1, 0.15) is 6.33 Å². The summed E-state index contributed by atoms with van der Waals surface area (Å²) in [7, 11) is 0. The Morgan fingerprint density at radius 3 is 2.80 bits per heavy atom. The summed E-state index contributed by atoms with van der Waals surface area (Å²) in [6.07, 6.45) is 2.26. The van der Waals surface area contributed by atoms with Crippen LogP contribution in [0.15, 0.2) is 6.33 Å². The van der Waals surface area contributed by atoms with Gasteiger partial charge in [0.2, 0.25) is 11.6 Å². The third-order valence-electron chi connectivity index (χ3n) is 3.81. The van der Waals surface area contributed by atoms with Crippen molar-refractivity contribution in [2.24, 2.45) is 0 Å². The van der Waals surface area contributed by atoms with E-state index < -0.39 is 4.92 Å². The minimum atomic E-state index is -0.505. The topological polar surface area (TPSA) is 101 Å². The van der Waals surface area contributed by atoms with E-state index in [0.717, 1.165) is 32.6 Å². The van der Waals surface area contributed by atoms with E-state index in [1.165, 1.54) is 6.33 Å². The predicted octanol–water partition coefficient (Wildman–Crippen LogP) is 0.887. The van der Waals surface area contributed by atoms with Gasteiger partial charge in [-0.15, -0.1) is 0 Å². The number of nitrogens with two attached hydrogens (primary N) is 1. The van der Waals surface area contributed by atoms with Gasteiger partial charge in [-0.25, -0.2) is 9.97 Å². The summed E-state index contributed by atoms with van der Waals surface area (Å²) >= 11 is 0. The largest absolute Gasteiger partial charge is 0.378 e. The lowest BCUT2D eigenvalue weighted by Gasteiger charge is -2.26. The number of nitro groups is 1. The Balaban J connectivity index is 2.22. The fourth-order valence-corrected chi connectivity index (χ4v) is 2.76. The minimum Gasteiger partial charge on any atom is -0.378 e. The second-order valence-corrected chi connectivity index (χ2v) is 4.80. The average molecular weight is 280 g/mol. The zero-order valence-corrected chi connectivity index (χ0v) is 11.8. The molecule has 1 saturated heterocycles. The van der Waals surface area contributed by atoms with Crippen LogP contribution >= 0.6 is 0 Å². The second-order valence-electron chi connectivity index (χ2n) is 4.80. The monoisotopic (exact) mass is 280 g/mol. The standard InChI is InChI=1S/C12H20N6O2/c1-3-16(4-2)9-5-6-17(7-9)12-10(18(19)20)11(13)14-8-15-12/h8-9H,3-7H2,1-2H3,(H2,13,14,15). The van der Waals surface area contributed by atoms with E-state index in [1.54, 1.807) is 0 Å². The molecule has 1 fully saturated rings. The molecule has 0 spiro atoms. The zero-order chi connectivity index (χ0) is 14.7. The van der Waals surface area contributed by atoms with Crippen LogP contribution in [0.5, 0.6) is 0 Å². The number of anilines is 2. The third kappa shape index (κ3) is 2.64. The molecule has 8 nitrogen and oxygen atoms in total. The lowest BCUT2D eigenvalue weighted by molar-refractivity contribution is -0.383. The van der Waals surface area contributed by atoms with Gasteiger partial charge >= 0.3 is 5.69 Å². The minimum absolute atomic E-state index is 0.0775. The van der Waals surface area contributed by atoms with Gasteiger partial charge in [0.15, 0.2) is 0 Å². The highest BCUT2D eigenvalue weighted by Crippen LogP contribution is 2.32. The van der Waals surface area contributed by atoms with Gasteiger partial charge in [0, 0.05) is 19.1 Å².